The summed E-state index contributed by atoms with van der Waals surface area (Å²) in [5.41, 5.74) is 0.893. The molecule has 0 aliphatic carbocycles. The fourth-order valence-corrected chi connectivity index (χ4v) is 2.31. The van der Waals surface area contributed by atoms with Crippen molar-refractivity contribution < 1.29 is 9.47 Å². The first-order chi connectivity index (χ1) is 8.86. The Labute approximate surface area is 108 Å². The fraction of sp³-hybridized carbons (Fsp3) is 0.692. The summed E-state index contributed by atoms with van der Waals surface area (Å²) in [6, 6.07) is 0.163. The number of methoxy groups -OCH3 is 1. The van der Waals surface area contributed by atoms with E-state index in [9.17, 15) is 0 Å². The quantitative estimate of drug-likeness (QED) is 0.831. The molecule has 5 heteroatoms. The van der Waals surface area contributed by atoms with Crippen molar-refractivity contribution >= 4 is 0 Å². The van der Waals surface area contributed by atoms with Gasteiger partial charge in [-0.2, -0.15) is 0 Å². The second-order valence-corrected chi connectivity index (χ2v) is 4.51. The summed E-state index contributed by atoms with van der Waals surface area (Å²) < 4.78 is 10.8. The van der Waals surface area contributed by atoms with E-state index in [1.807, 2.05) is 0 Å². The lowest BCUT2D eigenvalue weighted by Crippen LogP contribution is -2.30. The first-order valence-corrected chi connectivity index (χ1v) is 6.52. The number of hydrogen-bond acceptors (Lipinski definition) is 5. The number of hydrogen-bond donors (Lipinski definition) is 1. The van der Waals surface area contributed by atoms with Crippen LogP contribution in [0.25, 0.3) is 0 Å². The molecule has 1 aromatic heterocycles. The van der Waals surface area contributed by atoms with Gasteiger partial charge in [0.1, 0.15) is 5.69 Å². The molecule has 0 spiro atoms. The van der Waals surface area contributed by atoms with E-state index in [0.717, 1.165) is 38.3 Å². The van der Waals surface area contributed by atoms with E-state index >= 15 is 0 Å². The molecule has 5 nitrogen and oxygen atoms in total. The molecular formula is C13H21N3O2. The molecular weight excluding hydrogens is 230 g/mol. The summed E-state index contributed by atoms with van der Waals surface area (Å²) in [6.07, 6.45) is 5.52. The summed E-state index contributed by atoms with van der Waals surface area (Å²) in [5.74, 6) is 1.06. The highest BCUT2D eigenvalue weighted by atomic mass is 16.5. The molecule has 1 saturated heterocycles. The molecule has 0 amide bonds. The Morgan fingerprint density at radius 1 is 1.50 bits per heavy atom. The fourth-order valence-electron chi connectivity index (χ4n) is 2.31. The van der Waals surface area contributed by atoms with Gasteiger partial charge in [-0.3, -0.25) is 4.98 Å². The van der Waals surface area contributed by atoms with Crippen LogP contribution in [-0.4, -0.2) is 36.8 Å². The molecule has 0 bridgehead atoms. The van der Waals surface area contributed by atoms with Crippen molar-refractivity contribution in [2.24, 2.45) is 5.92 Å². The third kappa shape index (κ3) is 2.97. The number of nitrogens with one attached hydrogen (secondary N) is 1. The van der Waals surface area contributed by atoms with Crippen LogP contribution < -0.4 is 10.1 Å². The number of ether oxygens (including phenoxy) is 2. The van der Waals surface area contributed by atoms with Gasteiger partial charge in [0.05, 0.1) is 19.8 Å². The maximum Gasteiger partial charge on any atom is 0.237 e. The SMILES string of the molecule is CCCNC(c1nccnc1OC)C1CCOC1. The summed E-state index contributed by atoms with van der Waals surface area (Å²) in [5, 5.41) is 3.54. The summed E-state index contributed by atoms with van der Waals surface area (Å²) >= 11 is 0. The van der Waals surface area contributed by atoms with Gasteiger partial charge >= 0.3 is 0 Å². The highest BCUT2D eigenvalue weighted by Gasteiger charge is 2.30. The van der Waals surface area contributed by atoms with Gasteiger partial charge in [-0.25, -0.2) is 4.98 Å². The van der Waals surface area contributed by atoms with Crippen LogP contribution in [0, 0.1) is 5.92 Å². The molecule has 2 unspecified atom stereocenters. The van der Waals surface area contributed by atoms with E-state index < -0.39 is 0 Å². The molecule has 0 radical (unpaired) electrons. The Morgan fingerprint density at radius 2 is 2.33 bits per heavy atom. The van der Waals surface area contributed by atoms with E-state index in [1.54, 1.807) is 19.5 Å². The smallest absolute Gasteiger partial charge is 0.237 e. The molecule has 1 aromatic rings. The Bertz CT molecular complexity index is 367. The van der Waals surface area contributed by atoms with E-state index in [1.165, 1.54) is 0 Å². The molecule has 18 heavy (non-hydrogen) atoms. The van der Waals surface area contributed by atoms with Crippen molar-refractivity contribution in [3.05, 3.63) is 18.1 Å². The minimum Gasteiger partial charge on any atom is -0.480 e. The van der Waals surface area contributed by atoms with Crippen LogP contribution in [0.3, 0.4) is 0 Å². The third-order valence-electron chi connectivity index (χ3n) is 3.23. The van der Waals surface area contributed by atoms with Crippen LogP contribution in [0.4, 0.5) is 0 Å². The van der Waals surface area contributed by atoms with Gasteiger partial charge in [-0.05, 0) is 19.4 Å². The van der Waals surface area contributed by atoms with Crippen molar-refractivity contribution in [3.8, 4) is 5.88 Å². The number of rotatable bonds is 6. The van der Waals surface area contributed by atoms with Crippen molar-refractivity contribution in [1.82, 2.24) is 15.3 Å². The lowest BCUT2D eigenvalue weighted by Gasteiger charge is -2.24. The zero-order valence-corrected chi connectivity index (χ0v) is 11.1. The standard InChI is InChI=1S/C13H21N3O2/c1-3-5-14-11(10-4-8-18-9-10)12-13(17-2)16-7-6-15-12/h6-7,10-11,14H,3-5,8-9H2,1-2H3. The lowest BCUT2D eigenvalue weighted by molar-refractivity contribution is 0.175. The molecule has 1 aliphatic rings. The zero-order chi connectivity index (χ0) is 12.8. The largest absolute Gasteiger partial charge is 0.480 e. The monoisotopic (exact) mass is 251 g/mol. The lowest BCUT2D eigenvalue weighted by atomic mass is 9.96. The molecule has 2 heterocycles. The first-order valence-electron chi connectivity index (χ1n) is 6.52. The van der Waals surface area contributed by atoms with Gasteiger partial charge in [-0.1, -0.05) is 6.92 Å². The van der Waals surface area contributed by atoms with Crippen molar-refractivity contribution in [1.29, 1.82) is 0 Å². The number of nitrogens with zero attached hydrogens (tertiary/aromatic N) is 2. The van der Waals surface area contributed by atoms with Crippen molar-refractivity contribution in [2.45, 2.75) is 25.8 Å². The Morgan fingerprint density at radius 3 is 3.00 bits per heavy atom. The predicted molar refractivity (Wildman–Crippen MR) is 68.5 cm³/mol. The normalized spacial score (nSPS) is 20.9. The van der Waals surface area contributed by atoms with Crippen molar-refractivity contribution in [2.75, 3.05) is 26.9 Å². The van der Waals surface area contributed by atoms with Gasteiger partial charge < -0.3 is 14.8 Å². The first kappa shape index (κ1) is 13.2. The van der Waals surface area contributed by atoms with Crippen LogP contribution >= 0.6 is 0 Å². The van der Waals surface area contributed by atoms with Crippen LogP contribution in [0.2, 0.25) is 0 Å². The van der Waals surface area contributed by atoms with E-state index in [0.29, 0.717) is 11.8 Å². The maximum atomic E-state index is 5.48. The summed E-state index contributed by atoms with van der Waals surface area (Å²) in [6.45, 7) is 4.72. The van der Waals surface area contributed by atoms with Crippen LogP contribution in [-0.2, 0) is 4.74 Å². The van der Waals surface area contributed by atoms with Gasteiger partial charge in [0, 0.05) is 24.9 Å². The second kappa shape index (κ2) is 6.66. The predicted octanol–water partition coefficient (Wildman–Crippen LogP) is 1.56. The molecule has 100 valence electrons. The molecule has 0 saturated carbocycles. The van der Waals surface area contributed by atoms with Crippen LogP contribution in [0.1, 0.15) is 31.5 Å². The van der Waals surface area contributed by atoms with E-state index in [2.05, 4.69) is 22.2 Å². The zero-order valence-electron chi connectivity index (χ0n) is 11.1. The average Bonchev–Trinajstić information content (AvgIpc) is 2.94. The third-order valence-corrected chi connectivity index (χ3v) is 3.23. The summed E-state index contributed by atoms with van der Waals surface area (Å²) in [7, 11) is 1.63. The molecule has 2 rings (SSSR count). The molecule has 0 aromatic carbocycles. The van der Waals surface area contributed by atoms with Crippen LogP contribution in [0.15, 0.2) is 12.4 Å². The van der Waals surface area contributed by atoms with Crippen molar-refractivity contribution in [3.63, 3.8) is 0 Å². The van der Waals surface area contributed by atoms with Gasteiger partial charge in [-0.15, -0.1) is 0 Å². The van der Waals surface area contributed by atoms with Gasteiger partial charge in [0.15, 0.2) is 0 Å². The molecule has 1 aliphatic heterocycles. The highest BCUT2D eigenvalue weighted by molar-refractivity contribution is 5.22. The summed E-state index contributed by atoms with van der Waals surface area (Å²) in [4.78, 5) is 8.67. The van der Waals surface area contributed by atoms with Crippen LogP contribution in [0.5, 0.6) is 5.88 Å². The Kier molecular flexibility index (Phi) is 4.90. The van der Waals surface area contributed by atoms with Gasteiger partial charge in [0.25, 0.3) is 0 Å². The minimum atomic E-state index is 0.163. The maximum absolute atomic E-state index is 5.48. The topological polar surface area (TPSA) is 56.3 Å². The highest BCUT2D eigenvalue weighted by Crippen LogP contribution is 2.31. The van der Waals surface area contributed by atoms with E-state index in [-0.39, 0.29) is 6.04 Å². The molecule has 2 atom stereocenters. The van der Waals surface area contributed by atoms with E-state index in [4.69, 9.17) is 9.47 Å². The van der Waals surface area contributed by atoms with Gasteiger partial charge in [0.2, 0.25) is 5.88 Å². The molecule has 1 N–H and O–H groups in total. The Balaban J connectivity index is 2.20. The molecule has 1 fully saturated rings. The Hall–Kier alpha value is -1.20. The minimum absolute atomic E-state index is 0.163. The average molecular weight is 251 g/mol. The second-order valence-electron chi connectivity index (χ2n) is 4.51. The number of aromatic nitrogens is 2.